The van der Waals surface area contributed by atoms with Gasteiger partial charge in [0.25, 0.3) is 0 Å². The van der Waals surface area contributed by atoms with Crippen LogP contribution >= 0.6 is 7.82 Å². The van der Waals surface area contributed by atoms with Crippen molar-refractivity contribution >= 4 is 28.9 Å². The molecule has 0 spiro atoms. The van der Waals surface area contributed by atoms with Crippen molar-refractivity contribution in [2.75, 3.05) is 6.61 Å². The highest BCUT2D eigenvalue weighted by atomic mass is 31.2. The summed E-state index contributed by atoms with van der Waals surface area (Å²) in [4.78, 5) is 19.8. The van der Waals surface area contributed by atoms with Gasteiger partial charge < -0.3 is 35.9 Å². The summed E-state index contributed by atoms with van der Waals surface area (Å²) in [6, 6.07) is 0. The van der Waals surface area contributed by atoms with Crippen LogP contribution in [0.15, 0.2) is 11.5 Å². The Bertz CT molecular complexity index is 438. The van der Waals surface area contributed by atoms with Crippen molar-refractivity contribution in [2.45, 2.75) is 12.2 Å². The second-order valence-corrected chi connectivity index (χ2v) is 6.81. The molecule has 12 heteroatoms. The summed E-state index contributed by atoms with van der Waals surface area (Å²) in [5.41, 5.74) is 0. The smallest absolute Gasteiger partial charge is 0.596 e. The minimum atomic E-state index is -4.07. The van der Waals surface area contributed by atoms with Crippen molar-refractivity contribution in [1.82, 2.24) is 0 Å². The van der Waals surface area contributed by atoms with Crippen molar-refractivity contribution < 1.29 is 45.2 Å². The Hall–Kier alpha value is -0.628. The number of aliphatic hydroxyl groups is 3. The molecule has 0 bridgehead atoms. The van der Waals surface area contributed by atoms with Gasteiger partial charge >= 0.3 is 28.9 Å². The van der Waals surface area contributed by atoms with E-state index in [1.54, 1.807) is 0 Å². The van der Waals surface area contributed by atoms with Gasteiger partial charge in [0, 0.05) is 0 Å². The summed E-state index contributed by atoms with van der Waals surface area (Å²) in [7, 11) is -4.07. The lowest BCUT2D eigenvalue weighted by Crippen LogP contribution is -2.39. The van der Waals surface area contributed by atoms with E-state index in [0.717, 1.165) is 0 Å². The minimum absolute atomic E-state index is 0.488. The standard InChI is InChI=1S/C6H8O6.Al.H3O4P/c7-1-2(8)5-3(9)4(10)6(11)12-5;;1-5(2,3)4/h2,5,7-10H,1H2;;(H3,1,2,3,4)/q;+3;/p-3/t2-,5+;;/m0../s1. The maximum atomic E-state index is 11.1. The van der Waals surface area contributed by atoms with Crippen LogP contribution < -0.4 is 0 Å². The second-order valence-electron chi connectivity index (χ2n) is 3.37. The molecule has 4 N–H and O–H groups in total. The highest BCUT2D eigenvalue weighted by Crippen LogP contribution is 2.54. The molecule has 0 aromatic heterocycles. The Labute approximate surface area is 105 Å². The van der Waals surface area contributed by atoms with Crippen LogP contribution in [0.4, 0.5) is 0 Å². The van der Waals surface area contributed by atoms with E-state index in [1.165, 1.54) is 0 Å². The predicted octanol–water partition coefficient (Wildman–Crippen LogP) is -1.82. The van der Waals surface area contributed by atoms with Crippen LogP contribution in [-0.2, 0) is 25.0 Å². The highest BCUT2D eigenvalue weighted by molar-refractivity contribution is 7.53. The summed E-state index contributed by atoms with van der Waals surface area (Å²) >= 11 is -2.99. The summed E-state index contributed by atoms with van der Waals surface area (Å²) in [6.45, 7) is -0.746. The first-order chi connectivity index (χ1) is 8.34. The number of esters is 1. The van der Waals surface area contributed by atoms with Crippen LogP contribution in [0.2, 0.25) is 0 Å². The van der Waals surface area contributed by atoms with Crippen molar-refractivity contribution in [3.05, 3.63) is 11.5 Å². The molecular formula is C6H8AlO10P. The van der Waals surface area contributed by atoms with E-state index in [1.807, 2.05) is 0 Å². The van der Waals surface area contributed by atoms with Gasteiger partial charge in [0.2, 0.25) is 5.76 Å². The maximum absolute atomic E-state index is 11.1. The third-order valence-corrected chi connectivity index (χ3v) is 6.07. The van der Waals surface area contributed by atoms with Crippen LogP contribution in [0, 0.1) is 0 Å². The molecule has 18 heavy (non-hydrogen) atoms. The quantitative estimate of drug-likeness (QED) is 0.265. The number of cyclic esters (lactones) is 1. The molecule has 2 rings (SSSR count). The normalized spacial score (nSPS) is 27.8. The number of hydrogen-bond acceptors (Lipinski definition) is 9. The van der Waals surface area contributed by atoms with Gasteiger partial charge in [0.15, 0.2) is 11.9 Å². The SMILES string of the molecule is O=C1O[C@H]([C@@H](O)CO)C([O][Al]2[O]P(=O)(O)[O]2)=C1O. The van der Waals surface area contributed by atoms with Gasteiger partial charge in [-0.1, -0.05) is 0 Å². The van der Waals surface area contributed by atoms with E-state index < -0.39 is 59.3 Å². The molecule has 0 aliphatic carbocycles. The fourth-order valence-electron chi connectivity index (χ4n) is 1.30. The predicted molar refractivity (Wildman–Crippen MR) is 51.5 cm³/mol. The Balaban J connectivity index is 2.08. The van der Waals surface area contributed by atoms with Crippen LogP contribution in [0.5, 0.6) is 0 Å². The summed E-state index contributed by atoms with van der Waals surface area (Å²) in [5.74, 6) is -2.55. The molecule has 0 unspecified atom stereocenters. The molecule has 10 nitrogen and oxygen atoms in total. The fraction of sp³-hybridized carbons (Fsp3) is 0.500. The molecule has 0 amide bonds. The second kappa shape index (κ2) is 4.81. The van der Waals surface area contributed by atoms with E-state index in [2.05, 4.69) is 11.9 Å². The summed E-state index contributed by atoms with van der Waals surface area (Å²) in [5, 5.41) is 27.4. The number of phosphoric acid groups is 1. The third-order valence-electron chi connectivity index (χ3n) is 2.12. The zero-order valence-corrected chi connectivity index (χ0v) is 10.7. The molecule has 0 aromatic carbocycles. The molecule has 100 valence electrons. The molecule has 2 heterocycles. The van der Waals surface area contributed by atoms with E-state index >= 15 is 0 Å². The van der Waals surface area contributed by atoms with Gasteiger partial charge in [-0.3, -0.25) is 0 Å². The van der Waals surface area contributed by atoms with Crippen LogP contribution in [0.3, 0.4) is 0 Å². The Kier molecular flexibility index (Phi) is 3.68. The molecule has 2 aliphatic heterocycles. The minimum Gasteiger partial charge on any atom is -0.596 e. The number of hydrogen-bond donors (Lipinski definition) is 4. The number of carbonyl (C=O) groups is 1. The summed E-state index contributed by atoms with van der Waals surface area (Å²) < 4.78 is 28.9. The molecule has 0 saturated carbocycles. The van der Waals surface area contributed by atoms with E-state index in [9.17, 15) is 19.6 Å². The van der Waals surface area contributed by atoms with Gasteiger partial charge in [0.1, 0.15) is 6.10 Å². The van der Waals surface area contributed by atoms with Crippen molar-refractivity contribution in [3.63, 3.8) is 0 Å². The number of rotatable bonds is 4. The molecular weight excluding hydrogens is 290 g/mol. The topological polar surface area (TPSA) is 152 Å². The fourth-order valence-corrected chi connectivity index (χ4v) is 3.90. The first-order valence-corrected chi connectivity index (χ1v) is 7.54. The molecule has 1 fully saturated rings. The Morgan fingerprint density at radius 2 is 2.11 bits per heavy atom. The first-order valence-electron chi connectivity index (χ1n) is 4.63. The van der Waals surface area contributed by atoms with Crippen molar-refractivity contribution in [1.29, 1.82) is 0 Å². The lowest BCUT2D eigenvalue weighted by Gasteiger charge is -2.28. The monoisotopic (exact) mass is 298 g/mol. The Morgan fingerprint density at radius 3 is 2.61 bits per heavy atom. The van der Waals surface area contributed by atoms with Crippen LogP contribution in [0.25, 0.3) is 0 Å². The first kappa shape index (κ1) is 13.8. The zero-order chi connectivity index (χ0) is 13.5. The van der Waals surface area contributed by atoms with Crippen LogP contribution in [-0.4, -0.2) is 60.1 Å². The lowest BCUT2D eigenvalue weighted by molar-refractivity contribution is -0.147. The van der Waals surface area contributed by atoms with Crippen LogP contribution in [0.1, 0.15) is 0 Å². The average molecular weight is 298 g/mol. The molecule has 2 atom stereocenters. The maximum Gasteiger partial charge on any atom is 1.02 e. The third kappa shape index (κ3) is 2.54. The Morgan fingerprint density at radius 1 is 1.50 bits per heavy atom. The molecule has 0 aromatic rings. The summed E-state index contributed by atoms with van der Waals surface area (Å²) in [6.07, 6.45) is -2.93. The molecule has 0 radical (unpaired) electrons. The average Bonchev–Trinajstić information content (AvgIpc) is 2.54. The van der Waals surface area contributed by atoms with E-state index in [-0.39, 0.29) is 0 Å². The van der Waals surface area contributed by atoms with E-state index in [4.69, 9.17) is 13.8 Å². The number of ether oxygens (including phenoxy) is 1. The molecule has 2 aliphatic rings. The van der Waals surface area contributed by atoms with E-state index in [0.29, 0.717) is 0 Å². The van der Waals surface area contributed by atoms with Gasteiger partial charge in [-0.25, -0.2) is 9.36 Å². The van der Waals surface area contributed by atoms with Gasteiger partial charge in [-0.15, -0.1) is 0 Å². The molecule has 1 saturated heterocycles. The zero-order valence-electron chi connectivity index (χ0n) is 8.62. The largest absolute Gasteiger partial charge is 1.02 e. The number of carbonyl (C=O) groups excluding carboxylic acids is 1. The van der Waals surface area contributed by atoms with Gasteiger partial charge in [0.05, 0.1) is 6.61 Å². The van der Waals surface area contributed by atoms with Crippen molar-refractivity contribution in [3.8, 4) is 0 Å². The van der Waals surface area contributed by atoms with Gasteiger partial charge in [-0.2, -0.15) is 0 Å². The lowest BCUT2D eigenvalue weighted by atomic mass is 10.2. The highest BCUT2D eigenvalue weighted by Gasteiger charge is 2.60. The number of aliphatic hydroxyl groups excluding tert-OH is 3. The van der Waals surface area contributed by atoms with Crippen molar-refractivity contribution in [2.24, 2.45) is 0 Å². The van der Waals surface area contributed by atoms with Gasteiger partial charge in [-0.05, 0) is 0 Å².